The number of nitrogens with zero attached hydrogens (tertiary/aromatic N) is 2. The van der Waals surface area contributed by atoms with Crippen LogP contribution in [0, 0.1) is 6.92 Å². The van der Waals surface area contributed by atoms with E-state index in [9.17, 15) is 8.42 Å². The third-order valence-electron chi connectivity index (χ3n) is 3.42. The minimum Gasteiger partial charge on any atom is -0.316 e. The Morgan fingerprint density at radius 1 is 1.24 bits per heavy atom. The summed E-state index contributed by atoms with van der Waals surface area (Å²) < 4.78 is 29.2. The van der Waals surface area contributed by atoms with Crippen molar-refractivity contribution in [2.45, 2.75) is 24.9 Å². The summed E-state index contributed by atoms with van der Waals surface area (Å²) >= 11 is 0. The molecular weight excluding hydrogens is 288 g/mol. The van der Waals surface area contributed by atoms with Gasteiger partial charge in [-0.1, -0.05) is 12.1 Å². The molecule has 6 nitrogen and oxygen atoms in total. The van der Waals surface area contributed by atoms with Crippen molar-refractivity contribution in [3.05, 3.63) is 47.3 Å². The van der Waals surface area contributed by atoms with Crippen LogP contribution in [0.25, 0.3) is 0 Å². The van der Waals surface area contributed by atoms with Gasteiger partial charge >= 0.3 is 0 Å². The molecule has 0 radical (unpaired) electrons. The Hall–Kier alpha value is -1.70. The van der Waals surface area contributed by atoms with E-state index in [0.29, 0.717) is 11.4 Å². The monoisotopic (exact) mass is 308 g/mol. The quantitative estimate of drug-likeness (QED) is 0.832. The molecule has 0 aliphatic carbocycles. The van der Waals surface area contributed by atoms with Gasteiger partial charge in [0.25, 0.3) is 0 Å². The van der Waals surface area contributed by atoms with Crippen molar-refractivity contribution in [1.29, 1.82) is 0 Å². The number of nitrogens with one attached hydrogen (secondary N) is 2. The molecule has 0 unspecified atom stereocenters. The lowest BCUT2D eigenvalue weighted by Crippen LogP contribution is -2.25. The minimum absolute atomic E-state index is 0.217. The molecule has 0 bridgehead atoms. The predicted molar refractivity (Wildman–Crippen MR) is 81.2 cm³/mol. The van der Waals surface area contributed by atoms with E-state index < -0.39 is 10.0 Å². The molecule has 21 heavy (non-hydrogen) atoms. The van der Waals surface area contributed by atoms with Crippen LogP contribution in [0.3, 0.4) is 0 Å². The van der Waals surface area contributed by atoms with Crippen LogP contribution in [0.5, 0.6) is 0 Å². The number of hydrogen-bond donors (Lipinski definition) is 2. The second kappa shape index (κ2) is 6.38. The Morgan fingerprint density at radius 3 is 2.62 bits per heavy atom. The summed E-state index contributed by atoms with van der Waals surface area (Å²) in [5.74, 6) is 0. The van der Waals surface area contributed by atoms with Gasteiger partial charge < -0.3 is 5.32 Å². The number of hydrogen-bond acceptors (Lipinski definition) is 4. The lowest BCUT2D eigenvalue weighted by molar-refractivity contribution is 0.576. The van der Waals surface area contributed by atoms with Gasteiger partial charge in [-0.25, -0.2) is 13.1 Å². The zero-order valence-corrected chi connectivity index (χ0v) is 13.2. The van der Waals surface area contributed by atoms with E-state index in [1.54, 1.807) is 36.1 Å². The summed E-state index contributed by atoms with van der Waals surface area (Å²) in [4.78, 5) is 0.317. The van der Waals surface area contributed by atoms with Gasteiger partial charge in [0, 0.05) is 19.8 Å². The lowest BCUT2D eigenvalue weighted by atomic mass is 10.1. The van der Waals surface area contributed by atoms with Crippen molar-refractivity contribution >= 4 is 10.0 Å². The van der Waals surface area contributed by atoms with Crippen LogP contribution >= 0.6 is 0 Å². The Kier molecular flexibility index (Phi) is 4.76. The van der Waals surface area contributed by atoms with Gasteiger partial charge in [0.2, 0.25) is 10.0 Å². The van der Waals surface area contributed by atoms with Crippen molar-refractivity contribution in [3.63, 3.8) is 0 Å². The maximum Gasteiger partial charge on any atom is 0.241 e. The second-order valence-electron chi connectivity index (χ2n) is 4.84. The molecule has 0 spiro atoms. The third kappa shape index (κ3) is 3.49. The molecule has 0 saturated heterocycles. The van der Waals surface area contributed by atoms with Crippen LogP contribution in [-0.2, 0) is 30.2 Å². The normalized spacial score (nSPS) is 11.8. The van der Waals surface area contributed by atoms with Crippen molar-refractivity contribution in [2.75, 3.05) is 7.05 Å². The molecule has 0 aliphatic rings. The first-order chi connectivity index (χ1) is 9.95. The lowest BCUT2D eigenvalue weighted by Gasteiger charge is -2.12. The first kappa shape index (κ1) is 15.7. The van der Waals surface area contributed by atoms with E-state index in [1.807, 2.05) is 20.0 Å². The van der Waals surface area contributed by atoms with Gasteiger partial charge in [0.15, 0.2) is 0 Å². The van der Waals surface area contributed by atoms with Crippen molar-refractivity contribution in [1.82, 2.24) is 19.8 Å². The molecule has 0 saturated carbocycles. The Balaban J connectivity index is 2.23. The van der Waals surface area contributed by atoms with Crippen LogP contribution in [0.15, 0.2) is 35.4 Å². The zero-order valence-electron chi connectivity index (χ0n) is 12.4. The van der Waals surface area contributed by atoms with Gasteiger partial charge in [-0.15, -0.1) is 0 Å². The molecular formula is C14H20N4O2S. The van der Waals surface area contributed by atoms with E-state index in [2.05, 4.69) is 15.1 Å². The molecule has 2 N–H and O–H groups in total. The molecule has 0 aliphatic heterocycles. The summed E-state index contributed by atoms with van der Waals surface area (Å²) in [5.41, 5.74) is 2.55. The maximum absolute atomic E-state index is 12.5. The van der Waals surface area contributed by atoms with Crippen LogP contribution < -0.4 is 10.0 Å². The second-order valence-corrected chi connectivity index (χ2v) is 6.58. The van der Waals surface area contributed by atoms with Gasteiger partial charge in [0.1, 0.15) is 0 Å². The molecule has 7 heteroatoms. The summed E-state index contributed by atoms with van der Waals surface area (Å²) in [7, 11) is 0.0713. The van der Waals surface area contributed by atoms with Crippen LogP contribution in [0.1, 0.15) is 16.8 Å². The highest BCUT2D eigenvalue weighted by Crippen LogP contribution is 2.19. The standard InChI is InChI=1S/C14H20N4O2S/c1-11-12(9-15-2)5-4-6-14(11)21(19,20)17-10-13-7-8-16-18(13)3/h4-8,15,17H,9-10H2,1-3H3. The number of sulfonamides is 1. The number of rotatable bonds is 6. The number of benzene rings is 1. The molecule has 0 fully saturated rings. The molecule has 1 aromatic carbocycles. The van der Waals surface area contributed by atoms with Gasteiger partial charge in [0.05, 0.1) is 17.1 Å². The van der Waals surface area contributed by atoms with Crippen LogP contribution in [0.4, 0.5) is 0 Å². The molecule has 0 atom stereocenters. The maximum atomic E-state index is 12.5. The first-order valence-electron chi connectivity index (χ1n) is 6.65. The first-order valence-corrected chi connectivity index (χ1v) is 8.13. The molecule has 2 aromatic rings. The fourth-order valence-electron chi connectivity index (χ4n) is 2.15. The number of aromatic nitrogens is 2. The van der Waals surface area contributed by atoms with Crippen LogP contribution in [0.2, 0.25) is 0 Å². The summed E-state index contributed by atoms with van der Waals surface area (Å²) in [6, 6.07) is 7.09. The van der Waals surface area contributed by atoms with E-state index in [-0.39, 0.29) is 6.54 Å². The fraction of sp³-hybridized carbons (Fsp3) is 0.357. The largest absolute Gasteiger partial charge is 0.316 e. The topological polar surface area (TPSA) is 76.0 Å². The average molecular weight is 308 g/mol. The smallest absolute Gasteiger partial charge is 0.241 e. The molecule has 2 rings (SSSR count). The van der Waals surface area contributed by atoms with E-state index in [1.165, 1.54) is 0 Å². The highest BCUT2D eigenvalue weighted by Gasteiger charge is 2.18. The van der Waals surface area contributed by atoms with Gasteiger partial charge in [-0.3, -0.25) is 4.68 Å². The molecule has 1 aromatic heterocycles. The SMILES string of the molecule is CNCc1cccc(S(=O)(=O)NCc2ccnn2C)c1C. The highest BCUT2D eigenvalue weighted by atomic mass is 32.2. The summed E-state index contributed by atoms with van der Waals surface area (Å²) in [6.07, 6.45) is 1.64. The van der Waals surface area contributed by atoms with Crippen molar-refractivity contribution < 1.29 is 8.42 Å². The van der Waals surface area contributed by atoms with E-state index in [4.69, 9.17) is 0 Å². The Bertz CT molecular complexity index is 722. The van der Waals surface area contributed by atoms with E-state index >= 15 is 0 Å². The number of aryl methyl sites for hydroxylation is 1. The van der Waals surface area contributed by atoms with Crippen LogP contribution in [-0.4, -0.2) is 25.2 Å². The average Bonchev–Trinajstić information content (AvgIpc) is 2.84. The minimum atomic E-state index is -3.54. The van der Waals surface area contributed by atoms with Crippen molar-refractivity contribution in [2.24, 2.45) is 7.05 Å². The van der Waals surface area contributed by atoms with Gasteiger partial charge in [-0.2, -0.15) is 5.10 Å². The van der Waals surface area contributed by atoms with E-state index in [0.717, 1.165) is 16.8 Å². The summed E-state index contributed by atoms with van der Waals surface area (Å²) in [5, 5.41) is 7.06. The molecule has 114 valence electrons. The van der Waals surface area contributed by atoms with Crippen molar-refractivity contribution in [3.8, 4) is 0 Å². The highest BCUT2D eigenvalue weighted by molar-refractivity contribution is 7.89. The predicted octanol–water partition coefficient (Wildman–Crippen LogP) is 0.926. The third-order valence-corrected chi connectivity index (χ3v) is 4.96. The Morgan fingerprint density at radius 2 is 2.00 bits per heavy atom. The Labute approximate surface area is 125 Å². The summed E-state index contributed by atoms with van der Waals surface area (Å²) in [6.45, 7) is 2.68. The fourth-order valence-corrected chi connectivity index (χ4v) is 3.44. The zero-order chi connectivity index (χ0) is 15.5. The van der Waals surface area contributed by atoms with Gasteiger partial charge in [-0.05, 0) is 37.2 Å². The molecule has 1 heterocycles. The molecule has 0 amide bonds.